The molecule has 1 aliphatic rings. The second kappa shape index (κ2) is 7.38. The van der Waals surface area contributed by atoms with Gasteiger partial charge in [0.15, 0.2) is 0 Å². The van der Waals surface area contributed by atoms with Gasteiger partial charge in [0.2, 0.25) is 6.08 Å². The number of hydrogen-bond acceptors (Lipinski definition) is 2. The van der Waals surface area contributed by atoms with Gasteiger partial charge in [-0.2, -0.15) is 0 Å². The molecule has 0 saturated heterocycles. The summed E-state index contributed by atoms with van der Waals surface area (Å²) >= 11 is 0. The van der Waals surface area contributed by atoms with Gasteiger partial charge in [-0.15, -0.1) is 0 Å². The van der Waals surface area contributed by atoms with E-state index in [0.717, 1.165) is 6.08 Å². The van der Waals surface area contributed by atoms with Crippen LogP contribution >= 0.6 is 0 Å². The molecule has 0 heterocycles. The highest BCUT2D eigenvalue weighted by Gasteiger charge is 1.95. The molecule has 2 heteroatoms. The maximum Gasteiger partial charge on any atom is 0.231 e. The van der Waals surface area contributed by atoms with Crippen molar-refractivity contribution in [1.82, 2.24) is 0 Å². The Bertz CT molecular complexity index is 69.4. The summed E-state index contributed by atoms with van der Waals surface area (Å²) in [7, 11) is 0. The van der Waals surface area contributed by atoms with Crippen LogP contribution < -0.4 is 0 Å². The van der Waals surface area contributed by atoms with Crippen molar-refractivity contribution < 1.29 is 4.79 Å². The standard InChI is InChI=1S/C6H12.CHNO/c1-2-4-6-5-3-1;2-1-3/h1-6H2;2H. The van der Waals surface area contributed by atoms with Gasteiger partial charge in [0, 0.05) is 0 Å². The lowest BCUT2D eigenvalue weighted by molar-refractivity contribution is 0.504. The minimum absolute atomic E-state index is 0.750. The Morgan fingerprint density at radius 1 is 0.889 bits per heavy atom. The van der Waals surface area contributed by atoms with Gasteiger partial charge in [-0.1, -0.05) is 38.5 Å². The molecule has 0 radical (unpaired) electrons. The SMILES string of the molecule is C1CCCCC1.N=C=O. The number of nitrogens with one attached hydrogen (secondary N) is 1. The van der Waals surface area contributed by atoms with Crippen molar-refractivity contribution >= 4 is 6.08 Å². The summed E-state index contributed by atoms with van der Waals surface area (Å²) in [6.45, 7) is 0. The van der Waals surface area contributed by atoms with Gasteiger partial charge in [-0.25, -0.2) is 10.2 Å². The summed E-state index contributed by atoms with van der Waals surface area (Å²) < 4.78 is 0. The zero-order chi connectivity index (χ0) is 6.95. The molecule has 0 atom stereocenters. The summed E-state index contributed by atoms with van der Waals surface area (Å²) in [5, 5.41) is 5.40. The minimum atomic E-state index is 0.750. The Morgan fingerprint density at radius 3 is 1.11 bits per heavy atom. The third-order valence-corrected chi connectivity index (χ3v) is 1.50. The average molecular weight is 127 g/mol. The van der Waals surface area contributed by atoms with Crippen LogP contribution in [0.1, 0.15) is 38.5 Å². The van der Waals surface area contributed by atoms with Crippen LogP contribution in [-0.2, 0) is 4.79 Å². The Labute approximate surface area is 55.8 Å². The first kappa shape index (κ1) is 8.38. The minimum Gasteiger partial charge on any atom is -0.222 e. The van der Waals surface area contributed by atoms with Crippen molar-refractivity contribution in [2.45, 2.75) is 38.5 Å². The van der Waals surface area contributed by atoms with Crippen molar-refractivity contribution in [2.75, 3.05) is 0 Å². The highest BCUT2D eigenvalue weighted by atomic mass is 16.1. The van der Waals surface area contributed by atoms with Gasteiger partial charge in [0.05, 0.1) is 0 Å². The predicted octanol–water partition coefficient (Wildman–Crippen LogP) is 2.24. The number of carbonyl (C=O) groups excluding carboxylic acids is 1. The van der Waals surface area contributed by atoms with Gasteiger partial charge in [-0.05, 0) is 0 Å². The van der Waals surface area contributed by atoms with Crippen LogP contribution in [0.25, 0.3) is 0 Å². The first-order valence-corrected chi connectivity index (χ1v) is 3.45. The molecule has 2 nitrogen and oxygen atoms in total. The summed E-state index contributed by atoms with van der Waals surface area (Å²) in [6, 6.07) is 0. The van der Waals surface area contributed by atoms with Gasteiger partial charge in [0.25, 0.3) is 0 Å². The summed E-state index contributed by atoms with van der Waals surface area (Å²) in [5.41, 5.74) is 0. The highest BCUT2D eigenvalue weighted by molar-refractivity contribution is 5.26. The van der Waals surface area contributed by atoms with E-state index in [1.165, 1.54) is 38.5 Å². The molecule has 1 aliphatic carbocycles. The first-order chi connectivity index (χ1) is 4.41. The average Bonchev–Trinajstić information content (AvgIpc) is 1.93. The molecule has 0 bridgehead atoms. The summed E-state index contributed by atoms with van der Waals surface area (Å²) in [5.74, 6) is 0. The molecule has 1 fully saturated rings. The lowest BCUT2D eigenvalue weighted by Crippen LogP contribution is -1.85. The zero-order valence-electron chi connectivity index (χ0n) is 5.65. The fourth-order valence-corrected chi connectivity index (χ4v) is 1.06. The lowest BCUT2D eigenvalue weighted by atomic mass is 10.0. The van der Waals surface area contributed by atoms with E-state index in [1.807, 2.05) is 0 Å². The van der Waals surface area contributed by atoms with Crippen molar-refractivity contribution in [3.63, 3.8) is 0 Å². The van der Waals surface area contributed by atoms with Crippen molar-refractivity contribution in [2.24, 2.45) is 0 Å². The maximum absolute atomic E-state index is 8.35. The fourth-order valence-electron chi connectivity index (χ4n) is 1.06. The normalized spacial score (nSPS) is 16.9. The van der Waals surface area contributed by atoms with Crippen LogP contribution in [0.15, 0.2) is 0 Å². The Balaban J connectivity index is 0.000000187. The second-order valence-corrected chi connectivity index (χ2v) is 2.22. The molecule has 0 aromatic rings. The molecule has 0 aromatic heterocycles. The quantitative estimate of drug-likeness (QED) is 0.393. The van der Waals surface area contributed by atoms with Crippen molar-refractivity contribution in [3.8, 4) is 0 Å². The Hall–Kier alpha value is -0.620. The third kappa shape index (κ3) is 7.38. The Morgan fingerprint density at radius 2 is 1.00 bits per heavy atom. The lowest BCUT2D eigenvalue weighted by Gasteiger charge is -2.05. The first-order valence-electron chi connectivity index (χ1n) is 3.45. The number of hydrogen-bond donors (Lipinski definition) is 1. The van der Waals surface area contributed by atoms with Crippen LogP contribution in [0.3, 0.4) is 0 Å². The van der Waals surface area contributed by atoms with E-state index in [0.29, 0.717) is 0 Å². The maximum atomic E-state index is 8.35. The van der Waals surface area contributed by atoms with E-state index in [2.05, 4.69) is 0 Å². The number of rotatable bonds is 0. The highest BCUT2D eigenvalue weighted by Crippen LogP contribution is 2.15. The summed E-state index contributed by atoms with van der Waals surface area (Å²) in [4.78, 5) is 8.35. The molecule has 0 spiro atoms. The fraction of sp³-hybridized carbons (Fsp3) is 0.857. The van der Waals surface area contributed by atoms with E-state index in [4.69, 9.17) is 10.2 Å². The molecule has 0 amide bonds. The molecule has 0 aliphatic heterocycles. The van der Waals surface area contributed by atoms with Gasteiger partial charge < -0.3 is 0 Å². The zero-order valence-corrected chi connectivity index (χ0v) is 5.65. The molecule has 52 valence electrons. The van der Waals surface area contributed by atoms with E-state index in [1.54, 1.807) is 0 Å². The van der Waals surface area contributed by atoms with Crippen molar-refractivity contribution in [1.29, 1.82) is 5.41 Å². The van der Waals surface area contributed by atoms with Crippen LogP contribution in [0, 0.1) is 5.41 Å². The van der Waals surface area contributed by atoms with Crippen molar-refractivity contribution in [3.05, 3.63) is 0 Å². The Kier molecular flexibility index (Phi) is 6.87. The van der Waals surface area contributed by atoms with Crippen LogP contribution in [0.2, 0.25) is 0 Å². The van der Waals surface area contributed by atoms with Crippen LogP contribution in [-0.4, -0.2) is 6.08 Å². The van der Waals surface area contributed by atoms with Gasteiger partial charge >= 0.3 is 0 Å². The second-order valence-electron chi connectivity index (χ2n) is 2.22. The smallest absolute Gasteiger partial charge is 0.222 e. The largest absolute Gasteiger partial charge is 0.231 e. The van der Waals surface area contributed by atoms with Crippen LogP contribution in [0.5, 0.6) is 0 Å². The summed E-state index contributed by atoms with van der Waals surface area (Å²) in [6.07, 6.45) is 9.75. The van der Waals surface area contributed by atoms with E-state index >= 15 is 0 Å². The molecular formula is C7H13NO. The molecule has 1 rings (SSSR count). The molecule has 0 unspecified atom stereocenters. The van der Waals surface area contributed by atoms with E-state index in [-0.39, 0.29) is 0 Å². The topological polar surface area (TPSA) is 40.9 Å². The molecule has 9 heavy (non-hydrogen) atoms. The molecule has 1 saturated carbocycles. The molecule has 0 aromatic carbocycles. The monoisotopic (exact) mass is 127 g/mol. The van der Waals surface area contributed by atoms with Gasteiger partial charge in [-0.3, -0.25) is 0 Å². The third-order valence-electron chi connectivity index (χ3n) is 1.50. The van der Waals surface area contributed by atoms with E-state index in [9.17, 15) is 0 Å². The number of isocyanates is 1. The van der Waals surface area contributed by atoms with Crippen LogP contribution in [0.4, 0.5) is 0 Å². The molecular weight excluding hydrogens is 114 g/mol. The van der Waals surface area contributed by atoms with E-state index < -0.39 is 0 Å². The molecule has 1 N–H and O–H groups in total. The predicted molar refractivity (Wildman–Crippen MR) is 36.1 cm³/mol. The van der Waals surface area contributed by atoms with Gasteiger partial charge in [0.1, 0.15) is 0 Å².